The molecule has 9 heteroatoms. The summed E-state index contributed by atoms with van der Waals surface area (Å²) in [5.41, 5.74) is 0.834. The lowest BCUT2D eigenvalue weighted by molar-refractivity contribution is 0.378. The third-order valence-electron chi connectivity index (χ3n) is 2.67. The number of nitrogens with zero attached hydrogens (tertiary/aromatic N) is 5. The standard InChI is InChI=1S/C12H7Cl2N5O2/c13-7-1-2-10(14)17-9(7)6-19-11(18-21-12(19)20)8-5-15-3-4-16-8/h1-5H,6H2. The fraction of sp³-hybridized carbons (Fsp3) is 0.0833. The maximum atomic E-state index is 11.8. The fourth-order valence-electron chi connectivity index (χ4n) is 1.72. The second-order valence-electron chi connectivity index (χ2n) is 4.01. The Bertz CT molecular complexity index is 831. The van der Waals surface area contributed by atoms with Crippen LogP contribution in [0.5, 0.6) is 0 Å². The quantitative estimate of drug-likeness (QED) is 0.685. The molecule has 0 bridgehead atoms. The average molecular weight is 324 g/mol. The van der Waals surface area contributed by atoms with Gasteiger partial charge in [-0.25, -0.2) is 19.3 Å². The maximum Gasteiger partial charge on any atom is 0.442 e. The van der Waals surface area contributed by atoms with Crippen molar-refractivity contribution in [2.24, 2.45) is 0 Å². The lowest BCUT2D eigenvalue weighted by atomic mass is 10.3. The molecular weight excluding hydrogens is 317 g/mol. The van der Waals surface area contributed by atoms with Crippen molar-refractivity contribution in [1.29, 1.82) is 0 Å². The van der Waals surface area contributed by atoms with Crippen LogP contribution in [-0.2, 0) is 6.54 Å². The Morgan fingerprint density at radius 2 is 2.10 bits per heavy atom. The molecule has 0 spiro atoms. The first-order valence-electron chi connectivity index (χ1n) is 5.79. The van der Waals surface area contributed by atoms with Gasteiger partial charge >= 0.3 is 5.76 Å². The third kappa shape index (κ3) is 2.79. The Morgan fingerprint density at radius 3 is 2.86 bits per heavy atom. The molecule has 0 radical (unpaired) electrons. The summed E-state index contributed by atoms with van der Waals surface area (Å²) in [6, 6.07) is 3.17. The highest BCUT2D eigenvalue weighted by atomic mass is 35.5. The van der Waals surface area contributed by atoms with E-state index >= 15 is 0 Å². The molecule has 0 saturated carbocycles. The molecule has 0 atom stereocenters. The zero-order chi connectivity index (χ0) is 14.8. The van der Waals surface area contributed by atoms with Gasteiger partial charge in [0, 0.05) is 12.4 Å². The van der Waals surface area contributed by atoms with E-state index in [2.05, 4.69) is 24.6 Å². The topological polar surface area (TPSA) is 86.7 Å². The Morgan fingerprint density at radius 1 is 1.24 bits per heavy atom. The zero-order valence-electron chi connectivity index (χ0n) is 10.4. The number of halogens is 2. The average Bonchev–Trinajstić information content (AvgIpc) is 2.85. The minimum atomic E-state index is -0.645. The second-order valence-corrected chi connectivity index (χ2v) is 4.81. The SMILES string of the molecule is O=c1onc(-c2cnccn2)n1Cc1nc(Cl)ccc1Cl. The molecule has 0 N–H and O–H groups in total. The predicted molar refractivity (Wildman–Crippen MR) is 75.1 cm³/mol. The molecule has 21 heavy (non-hydrogen) atoms. The van der Waals surface area contributed by atoms with Crippen LogP contribution in [0.15, 0.2) is 40.0 Å². The molecule has 0 unspecified atom stereocenters. The van der Waals surface area contributed by atoms with Crippen LogP contribution in [-0.4, -0.2) is 24.7 Å². The maximum absolute atomic E-state index is 11.8. The first-order valence-corrected chi connectivity index (χ1v) is 6.54. The van der Waals surface area contributed by atoms with Crippen molar-refractivity contribution < 1.29 is 4.52 Å². The lowest BCUT2D eigenvalue weighted by Gasteiger charge is -2.05. The minimum Gasteiger partial charge on any atom is -0.295 e. The Hall–Kier alpha value is -2.25. The van der Waals surface area contributed by atoms with E-state index in [0.29, 0.717) is 16.4 Å². The van der Waals surface area contributed by atoms with Gasteiger partial charge in [-0.3, -0.25) is 9.51 Å². The van der Waals surface area contributed by atoms with Crippen molar-refractivity contribution >= 4 is 23.2 Å². The van der Waals surface area contributed by atoms with Gasteiger partial charge in [0.05, 0.1) is 23.5 Å². The first-order chi connectivity index (χ1) is 10.1. The van der Waals surface area contributed by atoms with Crippen LogP contribution in [0.3, 0.4) is 0 Å². The molecule has 3 aromatic rings. The van der Waals surface area contributed by atoms with Crippen LogP contribution in [0.2, 0.25) is 10.2 Å². The Kier molecular flexibility index (Phi) is 3.68. The molecule has 0 saturated heterocycles. The summed E-state index contributed by atoms with van der Waals surface area (Å²) in [7, 11) is 0. The molecule has 106 valence electrons. The first kappa shape index (κ1) is 13.7. The van der Waals surface area contributed by atoms with E-state index in [1.807, 2.05) is 0 Å². The second kappa shape index (κ2) is 5.63. The van der Waals surface area contributed by atoms with Gasteiger partial charge in [0.1, 0.15) is 10.8 Å². The summed E-state index contributed by atoms with van der Waals surface area (Å²) in [6.45, 7) is 0.0631. The monoisotopic (exact) mass is 323 g/mol. The predicted octanol–water partition coefficient (Wildman–Crippen LogP) is 2.04. The summed E-state index contributed by atoms with van der Waals surface area (Å²) >= 11 is 11.9. The van der Waals surface area contributed by atoms with Crippen LogP contribution < -0.4 is 5.76 Å². The van der Waals surface area contributed by atoms with Crippen molar-refractivity contribution in [1.82, 2.24) is 24.7 Å². The zero-order valence-corrected chi connectivity index (χ0v) is 11.9. The van der Waals surface area contributed by atoms with E-state index in [9.17, 15) is 4.79 Å². The number of pyridine rings is 1. The van der Waals surface area contributed by atoms with E-state index in [0.717, 1.165) is 0 Å². The molecule has 0 aliphatic rings. The van der Waals surface area contributed by atoms with Gasteiger partial charge in [-0.15, -0.1) is 0 Å². The van der Waals surface area contributed by atoms with Crippen molar-refractivity contribution in [3.8, 4) is 11.5 Å². The van der Waals surface area contributed by atoms with Crippen LogP contribution in [0, 0.1) is 0 Å². The van der Waals surface area contributed by atoms with Gasteiger partial charge in [0.2, 0.25) is 5.82 Å². The van der Waals surface area contributed by atoms with Crippen LogP contribution in [0.25, 0.3) is 11.5 Å². The van der Waals surface area contributed by atoms with Crippen molar-refractivity contribution in [2.45, 2.75) is 6.54 Å². The number of rotatable bonds is 3. The highest BCUT2D eigenvalue weighted by molar-refractivity contribution is 6.32. The molecule has 0 aromatic carbocycles. The Balaban J connectivity index is 2.06. The summed E-state index contributed by atoms with van der Waals surface area (Å²) in [4.78, 5) is 23.9. The molecule has 0 aliphatic heterocycles. The highest BCUT2D eigenvalue weighted by Gasteiger charge is 2.16. The van der Waals surface area contributed by atoms with Crippen LogP contribution in [0.1, 0.15) is 5.69 Å². The van der Waals surface area contributed by atoms with Gasteiger partial charge in [-0.05, 0) is 12.1 Å². The normalized spacial score (nSPS) is 10.8. The summed E-state index contributed by atoms with van der Waals surface area (Å²) in [5.74, 6) is -0.403. The van der Waals surface area contributed by atoms with Gasteiger partial charge in [0.15, 0.2) is 0 Å². The summed E-state index contributed by atoms with van der Waals surface area (Å²) < 4.78 is 5.94. The summed E-state index contributed by atoms with van der Waals surface area (Å²) in [6.07, 6.45) is 4.48. The van der Waals surface area contributed by atoms with Gasteiger partial charge in [-0.2, -0.15) is 0 Å². The van der Waals surface area contributed by atoms with Crippen molar-refractivity contribution in [3.63, 3.8) is 0 Å². The Labute approximate surface area is 128 Å². The minimum absolute atomic E-state index is 0.0631. The molecule has 3 heterocycles. The highest BCUT2D eigenvalue weighted by Crippen LogP contribution is 2.19. The van der Waals surface area contributed by atoms with Crippen LogP contribution >= 0.6 is 23.2 Å². The fourth-order valence-corrected chi connectivity index (χ4v) is 2.05. The van der Waals surface area contributed by atoms with Crippen LogP contribution in [0.4, 0.5) is 0 Å². The third-order valence-corrected chi connectivity index (χ3v) is 3.23. The lowest BCUT2D eigenvalue weighted by Crippen LogP contribution is -2.17. The van der Waals surface area contributed by atoms with E-state index < -0.39 is 5.76 Å². The molecule has 0 fully saturated rings. The molecule has 0 amide bonds. The largest absolute Gasteiger partial charge is 0.442 e. The molecular formula is C12H7Cl2N5O2. The van der Waals surface area contributed by atoms with E-state index in [-0.39, 0.29) is 17.5 Å². The molecule has 7 nitrogen and oxygen atoms in total. The molecule has 3 aromatic heterocycles. The number of aromatic nitrogens is 5. The summed E-state index contributed by atoms with van der Waals surface area (Å²) in [5, 5.41) is 4.37. The van der Waals surface area contributed by atoms with Gasteiger partial charge in [-0.1, -0.05) is 28.4 Å². The molecule has 0 aliphatic carbocycles. The van der Waals surface area contributed by atoms with E-state index in [4.69, 9.17) is 23.2 Å². The van der Waals surface area contributed by atoms with Crippen molar-refractivity contribution in [2.75, 3.05) is 0 Å². The van der Waals surface area contributed by atoms with Crippen molar-refractivity contribution in [3.05, 3.63) is 57.1 Å². The number of hydrogen-bond acceptors (Lipinski definition) is 6. The smallest absolute Gasteiger partial charge is 0.295 e. The van der Waals surface area contributed by atoms with E-state index in [1.165, 1.54) is 23.2 Å². The number of hydrogen-bond donors (Lipinski definition) is 0. The van der Waals surface area contributed by atoms with Gasteiger partial charge < -0.3 is 0 Å². The molecule has 3 rings (SSSR count). The van der Waals surface area contributed by atoms with Gasteiger partial charge in [0.25, 0.3) is 0 Å². The van der Waals surface area contributed by atoms with E-state index in [1.54, 1.807) is 12.1 Å².